The maximum Gasteiger partial charge on any atom is 0.451 e. The highest BCUT2D eigenvalue weighted by Crippen LogP contribution is 2.32. The predicted molar refractivity (Wildman–Crippen MR) is 66.2 cm³/mol. The van der Waals surface area contributed by atoms with Crippen molar-refractivity contribution in [2.24, 2.45) is 0 Å². The average molecular weight is 329 g/mol. The number of hydrogen-bond acceptors (Lipinski definition) is 4. The van der Waals surface area contributed by atoms with Crippen LogP contribution >= 0.6 is 11.3 Å². The van der Waals surface area contributed by atoms with E-state index in [4.69, 9.17) is 0 Å². The number of hydrogen-bond donors (Lipinski definition) is 1. The summed E-state index contributed by atoms with van der Waals surface area (Å²) >= 11 is 1.00. The number of thiophene rings is 1. The Labute approximate surface area is 119 Å². The molecule has 10 heteroatoms. The summed E-state index contributed by atoms with van der Waals surface area (Å²) in [6.07, 6.45) is -10.3. The number of nitrogens with zero attached hydrogens (tertiary/aromatic N) is 2. The Hall–Kier alpha value is -1.58. The van der Waals surface area contributed by atoms with Gasteiger partial charge < -0.3 is 5.32 Å². The Bertz CT molecular complexity index is 618. The lowest BCUT2D eigenvalue weighted by atomic mass is 10.3. The van der Waals surface area contributed by atoms with E-state index in [1.807, 2.05) is 0 Å². The summed E-state index contributed by atoms with van der Waals surface area (Å²) in [6, 6.07) is 1.52. The van der Waals surface area contributed by atoms with Crippen molar-refractivity contribution in [2.45, 2.75) is 25.2 Å². The fourth-order valence-corrected chi connectivity index (χ4v) is 2.38. The van der Waals surface area contributed by atoms with Crippen molar-refractivity contribution in [1.82, 2.24) is 9.97 Å². The van der Waals surface area contributed by atoms with E-state index in [1.54, 1.807) is 5.38 Å². The average Bonchev–Trinajstić information content (AvgIpc) is 2.80. The number of anilines is 1. The van der Waals surface area contributed by atoms with Crippen LogP contribution in [0.1, 0.15) is 18.7 Å². The highest BCUT2D eigenvalue weighted by atomic mass is 32.1. The first-order valence-corrected chi connectivity index (χ1v) is 6.68. The molecule has 0 aliphatic rings. The van der Waals surface area contributed by atoms with E-state index in [9.17, 15) is 26.3 Å². The fourth-order valence-electron chi connectivity index (χ4n) is 1.61. The number of aromatic nitrogens is 2. The lowest BCUT2D eigenvalue weighted by Gasteiger charge is -2.11. The minimum absolute atomic E-state index is 0.101. The molecule has 3 nitrogen and oxygen atoms in total. The standard InChI is InChI=1S/C11H9F6N3S/c12-10(13,14)3-1-4-18-7-6-2-5-21-8(6)20-9(19-7)11(15,16)17/h2,5H,1,3-4H2,(H,18,19,20). The highest BCUT2D eigenvalue weighted by Gasteiger charge is 2.35. The molecule has 0 aromatic carbocycles. The summed E-state index contributed by atoms with van der Waals surface area (Å²) in [5, 5.41) is 4.42. The van der Waals surface area contributed by atoms with Crippen molar-refractivity contribution in [3.63, 3.8) is 0 Å². The summed E-state index contributed by atoms with van der Waals surface area (Å²) in [7, 11) is 0. The van der Waals surface area contributed by atoms with Crippen molar-refractivity contribution in [3.8, 4) is 0 Å². The molecule has 21 heavy (non-hydrogen) atoms. The van der Waals surface area contributed by atoms with E-state index in [0.717, 1.165) is 11.3 Å². The minimum Gasteiger partial charge on any atom is -0.369 e. The van der Waals surface area contributed by atoms with E-state index < -0.39 is 24.6 Å². The van der Waals surface area contributed by atoms with Crippen molar-refractivity contribution in [1.29, 1.82) is 0 Å². The lowest BCUT2D eigenvalue weighted by molar-refractivity contribution is -0.144. The molecule has 2 rings (SSSR count). The summed E-state index contributed by atoms with van der Waals surface area (Å²) in [5.41, 5.74) is 0. The van der Waals surface area contributed by atoms with Crippen LogP contribution in [-0.2, 0) is 6.18 Å². The van der Waals surface area contributed by atoms with Crippen LogP contribution in [0.15, 0.2) is 11.4 Å². The molecule has 0 radical (unpaired) electrons. The third-order valence-electron chi connectivity index (χ3n) is 2.51. The third-order valence-corrected chi connectivity index (χ3v) is 3.31. The van der Waals surface area contributed by atoms with Crippen LogP contribution in [-0.4, -0.2) is 22.7 Å². The van der Waals surface area contributed by atoms with Crippen LogP contribution in [0.25, 0.3) is 10.2 Å². The molecular formula is C11H9F6N3S. The fraction of sp³-hybridized carbons (Fsp3) is 0.455. The maximum atomic E-state index is 12.6. The van der Waals surface area contributed by atoms with Gasteiger partial charge in [-0.2, -0.15) is 26.3 Å². The van der Waals surface area contributed by atoms with E-state index >= 15 is 0 Å². The van der Waals surface area contributed by atoms with Crippen LogP contribution < -0.4 is 5.32 Å². The van der Waals surface area contributed by atoms with Crippen molar-refractivity contribution >= 4 is 27.4 Å². The Kier molecular flexibility index (Phi) is 4.26. The molecule has 116 valence electrons. The Morgan fingerprint density at radius 3 is 2.43 bits per heavy atom. The van der Waals surface area contributed by atoms with Crippen molar-refractivity contribution in [3.05, 3.63) is 17.3 Å². The molecular weight excluding hydrogens is 320 g/mol. The molecule has 0 aliphatic carbocycles. The molecule has 0 fully saturated rings. The molecule has 0 saturated heterocycles. The second kappa shape index (κ2) is 5.66. The molecule has 2 aromatic heterocycles. The number of rotatable bonds is 4. The molecule has 2 aromatic rings. The summed E-state index contributed by atoms with van der Waals surface area (Å²) in [6.45, 7) is -0.126. The van der Waals surface area contributed by atoms with Gasteiger partial charge in [0.1, 0.15) is 10.6 Å². The van der Waals surface area contributed by atoms with Gasteiger partial charge in [0, 0.05) is 13.0 Å². The van der Waals surface area contributed by atoms with Crippen molar-refractivity contribution in [2.75, 3.05) is 11.9 Å². The number of alkyl halides is 6. The van der Waals surface area contributed by atoms with Gasteiger partial charge in [-0.3, -0.25) is 0 Å². The Morgan fingerprint density at radius 2 is 1.81 bits per heavy atom. The zero-order valence-corrected chi connectivity index (χ0v) is 11.2. The van der Waals surface area contributed by atoms with E-state index in [-0.39, 0.29) is 23.6 Å². The van der Waals surface area contributed by atoms with E-state index in [1.165, 1.54) is 6.07 Å². The molecule has 0 saturated carbocycles. The van der Waals surface area contributed by atoms with Crippen molar-refractivity contribution < 1.29 is 26.3 Å². The number of fused-ring (bicyclic) bond motifs is 1. The molecule has 2 heterocycles. The van der Waals surface area contributed by atoms with Gasteiger partial charge in [0.25, 0.3) is 0 Å². The van der Waals surface area contributed by atoms with Gasteiger partial charge >= 0.3 is 12.4 Å². The summed E-state index contributed by atoms with van der Waals surface area (Å²) in [4.78, 5) is 6.89. The molecule has 0 bridgehead atoms. The predicted octanol–water partition coefficient (Wildman–Crippen LogP) is 4.46. The normalized spacial score (nSPS) is 12.9. The van der Waals surface area contributed by atoms with Crippen LogP contribution in [0.3, 0.4) is 0 Å². The first-order valence-electron chi connectivity index (χ1n) is 5.80. The molecule has 0 amide bonds. The van der Waals surface area contributed by atoms with Gasteiger partial charge in [0.15, 0.2) is 0 Å². The zero-order valence-electron chi connectivity index (χ0n) is 10.3. The maximum absolute atomic E-state index is 12.6. The van der Waals surface area contributed by atoms with Crippen LogP contribution in [0, 0.1) is 0 Å². The monoisotopic (exact) mass is 329 g/mol. The Balaban J connectivity index is 2.16. The molecule has 0 spiro atoms. The molecule has 1 N–H and O–H groups in total. The van der Waals surface area contributed by atoms with Gasteiger partial charge in [-0.05, 0) is 17.9 Å². The van der Waals surface area contributed by atoms with E-state index in [0.29, 0.717) is 5.39 Å². The van der Waals surface area contributed by atoms with Gasteiger partial charge in [-0.1, -0.05) is 0 Å². The molecule has 0 aliphatic heterocycles. The van der Waals surface area contributed by atoms with Gasteiger partial charge in [0.05, 0.1) is 5.39 Å². The van der Waals surface area contributed by atoms with Gasteiger partial charge in [0.2, 0.25) is 5.82 Å². The first-order chi connectivity index (χ1) is 9.67. The second-order valence-corrected chi connectivity index (χ2v) is 5.07. The zero-order chi connectivity index (χ0) is 15.7. The van der Waals surface area contributed by atoms with Gasteiger partial charge in [-0.15, -0.1) is 11.3 Å². The summed E-state index contributed by atoms with van der Waals surface area (Å²) < 4.78 is 74.0. The second-order valence-electron chi connectivity index (χ2n) is 4.18. The minimum atomic E-state index is -4.71. The SMILES string of the molecule is FC(F)(F)CCCNc1nc(C(F)(F)F)nc2sccc12. The third kappa shape index (κ3) is 4.19. The van der Waals surface area contributed by atoms with Gasteiger partial charge in [-0.25, -0.2) is 9.97 Å². The largest absolute Gasteiger partial charge is 0.451 e. The first kappa shape index (κ1) is 15.8. The van der Waals surface area contributed by atoms with E-state index in [2.05, 4.69) is 15.3 Å². The Morgan fingerprint density at radius 1 is 1.10 bits per heavy atom. The quantitative estimate of drug-likeness (QED) is 0.664. The van der Waals surface area contributed by atoms with Crippen LogP contribution in [0.5, 0.6) is 0 Å². The molecule has 0 atom stereocenters. The highest BCUT2D eigenvalue weighted by molar-refractivity contribution is 7.16. The number of nitrogens with one attached hydrogen (secondary N) is 1. The van der Waals surface area contributed by atoms with Crippen LogP contribution in [0.4, 0.5) is 32.2 Å². The van der Waals surface area contributed by atoms with Crippen LogP contribution in [0.2, 0.25) is 0 Å². The smallest absolute Gasteiger partial charge is 0.369 e. The molecule has 0 unspecified atom stereocenters. The lowest BCUT2D eigenvalue weighted by Crippen LogP contribution is -2.15. The topological polar surface area (TPSA) is 37.8 Å². The number of halogens is 6. The summed E-state index contributed by atoms with van der Waals surface area (Å²) in [5.74, 6) is -1.41.